The van der Waals surface area contributed by atoms with Crippen molar-refractivity contribution < 1.29 is 4.79 Å². The van der Waals surface area contributed by atoms with E-state index in [2.05, 4.69) is 32.0 Å². The first-order valence-electron chi connectivity index (χ1n) is 7.00. The Kier molecular flexibility index (Phi) is 6.48. The minimum absolute atomic E-state index is 0.119. The van der Waals surface area contributed by atoms with Crippen LogP contribution in [0.15, 0.2) is 30.0 Å². The predicted octanol–water partition coefficient (Wildman–Crippen LogP) is 4.64. The second kappa shape index (κ2) is 8.18. The van der Waals surface area contributed by atoms with E-state index in [0.29, 0.717) is 5.69 Å². The number of hydrogen-bond donors (Lipinski definition) is 1. The summed E-state index contributed by atoms with van der Waals surface area (Å²) in [6.45, 7) is 2.03. The summed E-state index contributed by atoms with van der Waals surface area (Å²) in [5.41, 5.74) is 3.69. The van der Waals surface area contributed by atoms with Gasteiger partial charge in [-0.3, -0.25) is 8.77 Å². The van der Waals surface area contributed by atoms with Gasteiger partial charge in [0.05, 0.1) is 5.52 Å². The van der Waals surface area contributed by atoms with E-state index in [1.165, 1.54) is 21.1 Å². The number of ketones is 1. The number of benzene rings is 1. The van der Waals surface area contributed by atoms with Gasteiger partial charge in [-0.1, -0.05) is 11.9 Å². The van der Waals surface area contributed by atoms with Crippen molar-refractivity contribution in [2.45, 2.75) is 6.92 Å². The molecule has 1 N–H and O–H groups in total. The van der Waals surface area contributed by atoms with E-state index in [9.17, 15) is 10.1 Å². The third-order valence-electron chi connectivity index (χ3n) is 3.37. The molecule has 0 saturated carbocycles. The lowest BCUT2D eigenvalue weighted by Gasteiger charge is -2.09. The summed E-state index contributed by atoms with van der Waals surface area (Å²) in [6, 6.07) is 7.93. The van der Waals surface area contributed by atoms with Crippen molar-refractivity contribution in [1.29, 1.82) is 5.26 Å². The average molecular weight is 472 g/mol. The van der Waals surface area contributed by atoms with Crippen LogP contribution in [-0.2, 0) is 0 Å². The Labute approximate surface area is 162 Å². The number of aryl methyl sites for hydroxylation is 1. The molecule has 8 heteroatoms. The third kappa shape index (κ3) is 3.84. The maximum Gasteiger partial charge on any atom is 0.222 e. The van der Waals surface area contributed by atoms with Crippen LogP contribution in [0.25, 0.3) is 10.9 Å². The van der Waals surface area contributed by atoms with Gasteiger partial charge in [-0.25, -0.2) is 0 Å². The lowest BCUT2D eigenvalue weighted by atomic mass is 10.1. The summed E-state index contributed by atoms with van der Waals surface area (Å²) >= 11 is 3.68. The number of nitriles is 1. The standard InChI is InChI=1S/C16H17IN4OS2/c1-10-5-11-6-15(16(22)12(8-18)9-20(2)3)21(24-17)14(11)7-13(10)19-23-4/h5-7,9,19H,1-4H3/b12-9+. The monoisotopic (exact) mass is 472 g/mol. The highest BCUT2D eigenvalue weighted by Crippen LogP contribution is 2.33. The Balaban J connectivity index is 2.63. The van der Waals surface area contributed by atoms with E-state index in [1.807, 2.05) is 35.4 Å². The Morgan fingerprint density at radius 3 is 2.67 bits per heavy atom. The number of fused-ring (bicyclic) bond motifs is 1. The molecule has 1 heterocycles. The zero-order valence-electron chi connectivity index (χ0n) is 13.8. The number of rotatable bonds is 6. The van der Waals surface area contributed by atoms with Gasteiger partial charge in [0.1, 0.15) is 17.3 Å². The summed E-state index contributed by atoms with van der Waals surface area (Å²) in [5.74, 6) is -0.274. The number of nitrogens with one attached hydrogen (secondary N) is 1. The molecule has 0 aliphatic carbocycles. The number of carbonyl (C=O) groups excluding carboxylic acids is 1. The maximum atomic E-state index is 12.8. The van der Waals surface area contributed by atoms with Crippen LogP contribution < -0.4 is 4.72 Å². The van der Waals surface area contributed by atoms with Crippen LogP contribution >= 0.6 is 42.3 Å². The van der Waals surface area contributed by atoms with Crippen LogP contribution in [0, 0.1) is 18.3 Å². The first-order chi connectivity index (χ1) is 11.4. The molecular formula is C16H17IN4OS2. The van der Waals surface area contributed by atoms with Gasteiger partial charge in [0.25, 0.3) is 0 Å². The molecule has 0 bridgehead atoms. The maximum absolute atomic E-state index is 12.8. The Morgan fingerprint density at radius 2 is 2.12 bits per heavy atom. The van der Waals surface area contributed by atoms with Crippen molar-refractivity contribution in [2.24, 2.45) is 0 Å². The number of carbonyl (C=O) groups is 1. The van der Waals surface area contributed by atoms with Gasteiger partial charge in [0.15, 0.2) is 0 Å². The lowest BCUT2D eigenvalue weighted by Crippen LogP contribution is -2.10. The van der Waals surface area contributed by atoms with Crippen LogP contribution in [-0.4, -0.2) is 35.0 Å². The largest absolute Gasteiger partial charge is 0.382 e. The van der Waals surface area contributed by atoms with Gasteiger partial charge < -0.3 is 9.62 Å². The third-order valence-corrected chi connectivity index (χ3v) is 5.51. The molecule has 0 radical (unpaired) electrons. The Morgan fingerprint density at radius 1 is 1.42 bits per heavy atom. The smallest absolute Gasteiger partial charge is 0.222 e. The van der Waals surface area contributed by atoms with E-state index in [4.69, 9.17) is 0 Å². The molecule has 2 rings (SSSR count). The van der Waals surface area contributed by atoms with E-state index < -0.39 is 0 Å². The topological polar surface area (TPSA) is 61.1 Å². The van der Waals surface area contributed by atoms with Crippen LogP contribution in [0.3, 0.4) is 0 Å². The van der Waals surface area contributed by atoms with Gasteiger partial charge in [0.2, 0.25) is 5.78 Å². The van der Waals surface area contributed by atoms with Crippen molar-refractivity contribution in [3.63, 3.8) is 0 Å². The van der Waals surface area contributed by atoms with Crippen molar-refractivity contribution >= 4 is 64.6 Å². The van der Waals surface area contributed by atoms with Crippen molar-refractivity contribution in [1.82, 2.24) is 8.87 Å². The summed E-state index contributed by atoms with van der Waals surface area (Å²) in [6.07, 6.45) is 3.52. The van der Waals surface area contributed by atoms with Crippen molar-refractivity contribution in [2.75, 3.05) is 25.1 Å². The molecule has 2 aromatic rings. The van der Waals surface area contributed by atoms with E-state index >= 15 is 0 Å². The van der Waals surface area contributed by atoms with Crippen LogP contribution in [0.4, 0.5) is 5.69 Å². The van der Waals surface area contributed by atoms with Crippen LogP contribution in [0.5, 0.6) is 0 Å². The second-order valence-electron chi connectivity index (χ2n) is 5.37. The molecule has 0 aliphatic rings. The number of nitrogens with zero attached hydrogens (tertiary/aromatic N) is 3. The molecule has 5 nitrogen and oxygen atoms in total. The highest BCUT2D eigenvalue weighted by Gasteiger charge is 2.20. The predicted molar refractivity (Wildman–Crippen MR) is 113 cm³/mol. The normalized spacial score (nSPS) is 11.4. The zero-order chi connectivity index (χ0) is 17.9. The molecule has 0 aliphatic heterocycles. The van der Waals surface area contributed by atoms with Crippen molar-refractivity contribution in [3.8, 4) is 6.07 Å². The van der Waals surface area contributed by atoms with Gasteiger partial charge in [-0.05, 0) is 30.7 Å². The number of aromatic nitrogens is 1. The first-order valence-corrected chi connectivity index (χ1v) is 11.5. The van der Waals surface area contributed by atoms with E-state index in [-0.39, 0.29) is 11.4 Å². The number of hydrogen-bond acceptors (Lipinski definition) is 6. The molecule has 0 saturated heterocycles. The summed E-state index contributed by atoms with van der Waals surface area (Å²) in [7, 11) is 5.00. The fourth-order valence-corrected chi connectivity index (χ4v) is 4.49. The molecule has 0 fully saturated rings. The fraction of sp³-hybridized carbons (Fsp3) is 0.250. The minimum atomic E-state index is -0.274. The summed E-state index contributed by atoms with van der Waals surface area (Å²) in [5, 5.41) is 10.3. The SMILES string of the molecule is CSNc1cc2c(cc1C)cc(C(=O)/C(C#N)=C/N(C)C)n2SI. The van der Waals surface area contributed by atoms with E-state index in [0.717, 1.165) is 22.2 Å². The van der Waals surface area contributed by atoms with Crippen LogP contribution in [0.2, 0.25) is 0 Å². The molecule has 1 aromatic heterocycles. The molecule has 0 amide bonds. The highest BCUT2D eigenvalue weighted by molar-refractivity contribution is 14.2. The van der Waals surface area contributed by atoms with Gasteiger partial charge in [0, 0.05) is 67.9 Å². The van der Waals surface area contributed by atoms with Crippen molar-refractivity contribution in [3.05, 3.63) is 41.2 Å². The summed E-state index contributed by atoms with van der Waals surface area (Å²) < 4.78 is 5.12. The highest BCUT2D eigenvalue weighted by atomic mass is 127. The van der Waals surface area contributed by atoms with Gasteiger partial charge >= 0.3 is 0 Å². The van der Waals surface area contributed by atoms with Crippen LogP contribution in [0.1, 0.15) is 16.1 Å². The van der Waals surface area contributed by atoms with Gasteiger partial charge in [-0.15, -0.1) is 0 Å². The van der Waals surface area contributed by atoms with E-state index in [1.54, 1.807) is 25.2 Å². The number of halogens is 1. The molecule has 1 aromatic carbocycles. The molecule has 24 heavy (non-hydrogen) atoms. The quantitative estimate of drug-likeness (QED) is 0.217. The minimum Gasteiger partial charge on any atom is -0.382 e. The fourth-order valence-electron chi connectivity index (χ4n) is 2.33. The zero-order valence-corrected chi connectivity index (χ0v) is 17.5. The average Bonchev–Trinajstić information content (AvgIpc) is 2.89. The second-order valence-corrected chi connectivity index (χ2v) is 7.67. The molecule has 0 atom stereocenters. The molecular weight excluding hydrogens is 455 g/mol. The lowest BCUT2D eigenvalue weighted by molar-refractivity contribution is 0.103. The number of Topliss-reactive ketones (excluding diaryl/α,β-unsaturated/α-hetero) is 1. The molecule has 126 valence electrons. The van der Waals surface area contributed by atoms with Gasteiger partial charge in [-0.2, -0.15) is 5.26 Å². The first kappa shape index (κ1) is 19.0. The Bertz CT molecular complexity index is 852. The number of anilines is 1. The number of allylic oxidation sites excluding steroid dienone is 1. The molecule has 0 unspecified atom stereocenters. The summed E-state index contributed by atoms with van der Waals surface area (Å²) in [4.78, 5) is 14.5. The Hall–Kier alpha value is -1.31. The molecule has 0 spiro atoms.